The van der Waals surface area contributed by atoms with Gasteiger partial charge in [-0.15, -0.1) is 0 Å². The first kappa shape index (κ1) is 18.1. The van der Waals surface area contributed by atoms with Gasteiger partial charge in [0.1, 0.15) is 5.82 Å². The molecule has 1 amide bonds. The lowest BCUT2D eigenvalue weighted by atomic mass is 10.2. The Bertz CT molecular complexity index is 791. The molecular formula is C18H19FN2O5. The molecule has 1 fully saturated rings. The van der Waals surface area contributed by atoms with Crippen molar-refractivity contribution >= 4 is 11.9 Å². The molecule has 2 aromatic rings. The largest absolute Gasteiger partial charge is 0.481 e. The van der Waals surface area contributed by atoms with Gasteiger partial charge in [-0.3, -0.25) is 9.59 Å². The van der Waals surface area contributed by atoms with Crippen LogP contribution >= 0.6 is 0 Å². The Morgan fingerprint density at radius 2 is 2.15 bits per heavy atom. The summed E-state index contributed by atoms with van der Waals surface area (Å²) in [5, 5.41) is 8.83. The summed E-state index contributed by atoms with van der Waals surface area (Å²) in [5.41, 5.74) is 0.322. The van der Waals surface area contributed by atoms with E-state index < -0.39 is 17.9 Å². The average Bonchev–Trinajstić information content (AvgIpc) is 3.08. The summed E-state index contributed by atoms with van der Waals surface area (Å²) in [6.45, 7) is 1.01. The maximum absolute atomic E-state index is 13.8. The number of carboxylic acid groups (broad SMARTS) is 1. The fraction of sp³-hybridized carbons (Fsp3) is 0.389. The predicted octanol–water partition coefficient (Wildman–Crippen LogP) is 2.12. The third-order valence-corrected chi connectivity index (χ3v) is 4.14. The van der Waals surface area contributed by atoms with Crippen molar-refractivity contribution in [3.63, 3.8) is 0 Å². The van der Waals surface area contributed by atoms with Crippen molar-refractivity contribution in [2.75, 3.05) is 19.7 Å². The van der Waals surface area contributed by atoms with Gasteiger partial charge < -0.3 is 19.2 Å². The lowest BCUT2D eigenvalue weighted by molar-refractivity contribution is -0.147. The number of ether oxygens (including phenoxy) is 1. The van der Waals surface area contributed by atoms with Crippen molar-refractivity contribution in [2.45, 2.75) is 25.4 Å². The third kappa shape index (κ3) is 4.45. The summed E-state index contributed by atoms with van der Waals surface area (Å²) in [5.74, 6) is -0.798. The average molecular weight is 362 g/mol. The summed E-state index contributed by atoms with van der Waals surface area (Å²) in [4.78, 5) is 28.8. The van der Waals surface area contributed by atoms with Gasteiger partial charge in [-0.2, -0.15) is 0 Å². The topological polar surface area (TPSA) is 92.9 Å². The molecule has 1 aliphatic rings. The Hall–Kier alpha value is -2.74. The Kier molecular flexibility index (Phi) is 5.62. The van der Waals surface area contributed by atoms with Crippen LogP contribution in [-0.4, -0.2) is 52.7 Å². The van der Waals surface area contributed by atoms with E-state index in [2.05, 4.69) is 4.98 Å². The molecule has 0 aliphatic carbocycles. The number of hydrogen-bond donors (Lipinski definition) is 1. The zero-order valence-electron chi connectivity index (χ0n) is 14.1. The van der Waals surface area contributed by atoms with Crippen molar-refractivity contribution in [1.82, 2.24) is 9.88 Å². The Morgan fingerprint density at radius 3 is 2.92 bits per heavy atom. The molecular weight excluding hydrogens is 343 g/mol. The number of amides is 1. The van der Waals surface area contributed by atoms with E-state index in [1.165, 1.54) is 12.3 Å². The van der Waals surface area contributed by atoms with Crippen LogP contribution < -0.4 is 0 Å². The summed E-state index contributed by atoms with van der Waals surface area (Å²) in [6.07, 6.45) is 1.29. The number of aromatic nitrogens is 1. The van der Waals surface area contributed by atoms with Crippen LogP contribution in [0.25, 0.3) is 11.3 Å². The number of aryl methyl sites for hydroxylation is 1. The van der Waals surface area contributed by atoms with Gasteiger partial charge in [0.2, 0.25) is 5.91 Å². The molecule has 1 atom stereocenters. The van der Waals surface area contributed by atoms with Gasteiger partial charge in [-0.25, -0.2) is 9.37 Å². The molecule has 1 aromatic heterocycles. The maximum atomic E-state index is 13.8. The SMILES string of the molecule is O=C(O)C[C@H]1CN(C(=O)CCc2ncc(-c3ccccc3F)o2)CCO1. The van der Waals surface area contributed by atoms with Crippen molar-refractivity contribution in [3.05, 3.63) is 42.2 Å². The quantitative estimate of drug-likeness (QED) is 0.846. The second-order valence-electron chi connectivity index (χ2n) is 6.03. The minimum absolute atomic E-state index is 0.116. The third-order valence-electron chi connectivity index (χ3n) is 4.14. The molecule has 0 saturated carbocycles. The molecule has 7 nitrogen and oxygen atoms in total. The summed E-state index contributed by atoms with van der Waals surface area (Å²) < 4.78 is 24.7. The van der Waals surface area contributed by atoms with Crippen LogP contribution in [0.1, 0.15) is 18.7 Å². The van der Waals surface area contributed by atoms with E-state index in [9.17, 15) is 14.0 Å². The molecule has 2 heterocycles. The van der Waals surface area contributed by atoms with E-state index >= 15 is 0 Å². The fourth-order valence-corrected chi connectivity index (χ4v) is 2.85. The van der Waals surface area contributed by atoms with E-state index in [0.717, 1.165) is 0 Å². The van der Waals surface area contributed by atoms with Crippen LogP contribution in [0.2, 0.25) is 0 Å². The predicted molar refractivity (Wildman–Crippen MR) is 88.8 cm³/mol. The second-order valence-corrected chi connectivity index (χ2v) is 6.03. The number of nitrogens with zero attached hydrogens (tertiary/aromatic N) is 2. The zero-order chi connectivity index (χ0) is 18.5. The van der Waals surface area contributed by atoms with Gasteiger partial charge in [-0.1, -0.05) is 12.1 Å². The molecule has 1 saturated heterocycles. The second kappa shape index (κ2) is 8.09. The van der Waals surface area contributed by atoms with Crippen LogP contribution in [0.15, 0.2) is 34.9 Å². The highest BCUT2D eigenvalue weighted by atomic mass is 19.1. The van der Waals surface area contributed by atoms with Crippen LogP contribution in [-0.2, 0) is 20.7 Å². The number of benzene rings is 1. The molecule has 0 radical (unpaired) electrons. The van der Waals surface area contributed by atoms with Gasteiger partial charge in [0, 0.05) is 25.9 Å². The number of carbonyl (C=O) groups excluding carboxylic acids is 1. The van der Waals surface area contributed by atoms with Crippen molar-refractivity contribution in [1.29, 1.82) is 0 Å². The number of carbonyl (C=O) groups is 2. The highest BCUT2D eigenvalue weighted by Gasteiger charge is 2.26. The Labute approximate surface area is 149 Å². The monoisotopic (exact) mass is 362 g/mol. The van der Waals surface area contributed by atoms with Gasteiger partial charge in [0.05, 0.1) is 30.9 Å². The number of morpholine rings is 1. The Balaban J connectivity index is 1.55. The Morgan fingerprint density at radius 1 is 1.35 bits per heavy atom. The molecule has 0 bridgehead atoms. The first-order chi connectivity index (χ1) is 12.5. The van der Waals surface area contributed by atoms with Crippen molar-refractivity contribution < 1.29 is 28.2 Å². The standard InChI is InChI=1S/C18H19FN2O5/c19-14-4-2-1-3-13(14)15-10-20-16(26-15)5-6-17(22)21-7-8-25-12(11-21)9-18(23)24/h1-4,10,12H,5-9,11H2,(H,23,24)/t12-/m0/s1. The van der Waals surface area contributed by atoms with Gasteiger partial charge >= 0.3 is 5.97 Å². The van der Waals surface area contributed by atoms with Crippen molar-refractivity contribution in [2.24, 2.45) is 0 Å². The number of aliphatic carboxylic acids is 1. The fourth-order valence-electron chi connectivity index (χ4n) is 2.85. The molecule has 8 heteroatoms. The molecule has 1 N–H and O–H groups in total. The molecule has 1 aromatic carbocycles. The number of rotatable bonds is 6. The minimum Gasteiger partial charge on any atom is -0.481 e. The minimum atomic E-state index is -0.954. The van der Waals surface area contributed by atoms with E-state index in [0.29, 0.717) is 30.4 Å². The van der Waals surface area contributed by atoms with E-state index in [1.54, 1.807) is 23.1 Å². The lowest BCUT2D eigenvalue weighted by Crippen LogP contribution is -2.46. The zero-order valence-corrected chi connectivity index (χ0v) is 14.1. The lowest BCUT2D eigenvalue weighted by Gasteiger charge is -2.32. The first-order valence-electron chi connectivity index (χ1n) is 8.33. The maximum Gasteiger partial charge on any atom is 0.306 e. The molecule has 0 spiro atoms. The molecule has 3 rings (SSSR count). The van der Waals surface area contributed by atoms with Gasteiger partial charge in [-0.05, 0) is 12.1 Å². The van der Waals surface area contributed by atoms with Crippen LogP contribution in [0.4, 0.5) is 4.39 Å². The highest BCUT2D eigenvalue weighted by Crippen LogP contribution is 2.23. The summed E-state index contributed by atoms with van der Waals surface area (Å²) in [7, 11) is 0. The van der Waals surface area contributed by atoms with Crippen LogP contribution in [0.3, 0.4) is 0 Å². The summed E-state index contributed by atoms with van der Waals surface area (Å²) >= 11 is 0. The number of oxazole rings is 1. The van der Waals surface area contributed by atoms with Crippen molar-refractivity contribution in [3.8, 4) is 11.3 Å². The normalized spacial score (nSPS) is 17.3. The van der Waals surface area contributed by atoms with E-state index in [1.807, 2.05) is 0 Å². The smallest absolute Gasteiger partial charge is 0.306 e. The molecule has 0 unspecified atom stereocenters. The summed E-state index contributed by atoms with van der Waals surface area (Å²) in [6, 6.07) is 6.24. The number of carboxylic acids is 1. The van der Waals surface area contributed by atoms with Gasteiger partial charge in [0.15, 0.2) is 11.7 Å². The van der Waals surface area contributed by atoms with Crippen LogP contribution in [0, 0.1) is 5.82 Å². The number of halogens is 1. The van der Waals surface area contributed by atoms with Crippen LogP contribution in [0.5, 0.6) is 0 Å². The van der Waals surface area contributed by atoms with E-state index in [4.69, 9.17) is 14.3 Å². The molecule has 138 valence electrons. The number of hydrogen-bond acceptors (Lipinski definition) is 5. The highest BCUT2D eigenvalue weighted by molar-refractivity contribution is 5.76. The van der Waals surface area contributed by atoms with E-state index in [-0.39, 0.29) is 31.7 Å². The molecule has 1 aliphatic heterocycles. The van der Waals surface area contributed by atoms with Gasteiger partial charge in [0.25, 0.3) is 0 Å². The first-order valence-corrected chi connectivity index (χ1v) is 8.33. The molecule has 26 heavy (non-hydrogen) atoms.